The Hall–Kier alpha value is 0.220. The lowest BCUT2D eigenvalue weighted by Crippen LogP contribution is -2.01. The summed E-state index contributed by atoms with van der Waals surface area (Å²) >= 11 is 3.63. The molecule has 0 N–H and O–H groups in total. The fraction of sp³-hybridized carbons (Fsp3) is 0.800. The van der Waals surface area contributed by atoms with Gasteiger partial charge >= 0.3 is 0 Å². The van der Waals surface area contributed by atoms with Crippen LogP contribution in [-0.2, 0) is 0 Å². The average molecular weight is 215 g/mol. The molecule has 0 aliphatic heterocycles. The maximum Gasteiger partial charge on any atom is -0.00578 e. The Morgan fingerprint density at radius 1 is 1.55 bits per heavy atom. The Kier molecular flexibility index (Phi) is 1.52. The van der Waals surface area contributed by atoms with E-state index in [9.17, 15) is 0 Å². The fourth-order valence-electron chi connectivity index (χ4n) is 2.40. The molecule has 1 heteroatoms. The van der Waals surface area contributed by atoms with Gasteiger partial charge in [0.25, 0.3) is 0 Å². The van der Waals surface area contributed by atoms with Crippen LogP contribution in [0.25, 0.3) is 0 Å². The lowest BCUT2D eigenvalue weighted by atomic mass is 9.97. The molecule has 0 aromatic rings. The quantitative estimate of drug-likeness (QED) is 0.579. The molecule has 0 saturated heterocycles. The zero-order valence-electron chi connectivity index (χ0n) is 7.39. The Balaban J connectivity index is 2.22. The fourth-order valence-corrected chi connectivity index (χ4v) is 2.87. The summed E-state index contributed by atoms with van der Waals surface area (Å²) in [4.78, 5) is 0. The van der Waals surface area contributed by atoms with Gasteiger partial charge in [-0.2, -0.15) is 0 Å². The first kappa shape index (κ1) is 7.85. The van der Waals surface area contributed by atoms with Crippen LogP contribution in [0, 0.1) is 23.2 Å². The Morgan fingerprint density at radius 2 is 2.18 bits per heavy atom. The van der Waals surface area contributed by atoms with Gasteiger partial charge in [-0.3, -0.25) is 0 Å². The lowest BCUT2D eigenvalue weighted by Gasteiger charge is -2.14. The van der Waals surface area contributed by atoms with Gasteiger partial charge in [-0.15, -0.1) is 0 Å². The first-order chi connectivity index (χ1) is 5.03. The largest absolute Gasteiger partial charge is 0.0701 e. The summed E-state index contributed by atoms with van der Waals surface area (Å²) in [7, 11) is 0. The number of halogens is 1. The first-order valence-corrected chi connectivity index (χ1v) is 5.20. The maximum absolute atomic E-state index is 3.63. The third-order valence-corrected chi connectivity index (χ3v) is 4.60. The van der Waals surface area contributed by atoms with Gasteiger partial charge < -0.3 is 0 Å². The van der Waals surface area contributed by atoms with Gasteiger partial charge in [0.1, 0.15) is 0 Å². The SMILES string of the molecule is C[C@H]1C[C@@H]2[C@H](C=C1Br)C2(C)C. The number of hydrogen-bond acceptors (Lipinski definition) is 0. The highest BCUT2D eigenvalue weighted by atomic mass is 79.9. The van der Waals surface area contributed by atoms with Gasteiger partial charge in [-0.25, -0.2) is 0 Å². The minimum atomic E-state index is 0.601. The van der Waals surface area contributed by atoms with Crippen LogP contribution in [0.3, 0.4) is 0 Å². The monoisotopic (exact) mass is 214 g/mol. The van der Waals surface area contributed by atoms with Gasteiger partial charge in [0.15, 0.2) is 0 Å². The van der Waals surface area contributed by atoms with E-state index in [4.69, 9.17) is 0 Å². The van der Waals surface area contributed by atoms with Gasteiger partial charge in [0.05, 0.1) is 0 Å². The summed E-state index contributed by atoms with van der Waals surface area (Å²) < 4.78 is 1.43. The van der Waals surface area contributed by atoms with Crippen molar-refractivity contribution in [2.75, 3.05) is 0 Å². The summed E-state index contributed by atoms with van der Waals surface area (Å²) in [6, 6.07) is 0. The third-order valence-electron chi connectivity index (χ3n) is 3.56. The van der Waals surface area contributed by atoms with Crippen molar-refractivity contribution < 1.29 is 0 Å². The van der Waals surface area contributed by atoms with Crippen molar-refractivity contribution in [2.24, 2.45) is 23.2 Å². The molecule has 0 nitrogen and oxygen atoms in total. The second-order valence-corrected chi connectivity index (χ2v) is 5.56. The van der Waals surface area contributed by atoms with Crippen LogP contribution < -0.4 is 0 Å². The minimum absolute atomic E-state index is 0.601. The van der Waals surface area contributed by atoms with E-state index < -0.39 is 0 Å². The van der Waals surface area contributed by atoms with Crippen molar-refractivity contribution in [3.8, 4) is 0 Å². The second-order valence-electron chi connectivity index (χ2n) is 4.64. The molecule has 0 heterocycles. The number of hydrogen-bond donors (Lipinski definition) is 0. The van der Waals surface area contributed by atoms with Crippen molar-refractivity contribution in [1.82, 2.24) is 0 Å². The van der Waals surface area contributed by atoms with Crippen molar-refractivity contribution >= 4 is 15.9 Å². The van der Waals surface area contributed by atoms with Crippen molar-refractivity contribution in [3.63, 3.8) is 0 Å². The molecule has 2 aliphatic carbocycles. The van der Waals surface area contributed by atoms with Gasteiger partial charge in [-0.1, -0.05) is 42.8 Å². The zero-order chi connectivity index (χ0) is 8.22. The Morgan fingerprint density at radius 3 is 2.73 bits per heavy atom. The topological polar surface area (TPSA) is 0 Å². The van der Waals surface area contributed by atoms with E-state index >= 15 is 0 Å². The molecule has 0 radical (unpaired) electrons. The van der Waals surface area contributed by atoms with Gasteiger partial charge in [-0.05, 0) is 34.1 Å². The molecule has 11 heavy (non-hydrogen) atoms. The highest BCUT2D eigenvalue weighted by molar-refractivity contribution is 9.11. The average Bonchev–Trinajstić information content (AvgIpc) is 2.39. The highest BCUT2D eigenvalue weighted by Crippen LogP contribution is 2.65. The van der Waals surface area contributed by atoms with Crippen molar-refractivity contribution in [3.05, 3.63) is 10.6 Å². The van der Waals surface area contributed by atoms with E-state index in [2.05, 4.69) is 42.8 Å². The van der Waals surface area contributed by atoms with Crippen molar-refractivity contribution in [2.45, 2.75) is 27.2 Å². The highest BCUT2D eigenvalue weighted by Gasteiger charge is 2.57. The summed E-state index contributed by atoms with van der Waals surface area (Å²) in [6.45, 7) is 7.08. The normalized spacial score (nSPS) is 46.2. The minimum Gasteiger partial charge on any atom is -0.0701 e. The molecular weight excluding hydrogens is 200 g/mol. The molecule has 2 rings (SSSR count). The molecule has 1 fully saturated rings. The Bertz CT molecular complexity index is 215. The molecule has 0 spiro atoms. The Labute approximate surface area is 77.2 Å². The van der Waals surface area contributed by atoms with Crippen LogP contribution in [-0.4, -0.2) is 0 Å². The smallest absolute Gasteiger partial charge is 0.00578 e. The number of fused-ring (bicyclic) bond motifs is 1. The standard InChI is InChI=1S/C10H15Br/c1-6-4-7-8(5-9(6)11)10(7,2)3/h5-8H,4H2,1-3H3/t6-,7+,8-/m0/s1. The molecule has 0 unspecified atom stereocenters. The van der Waals surface area contributed by atoms with E-state index in [0.29, 0.717) is 5.41 Å². The maximum atomic E-state index is 3.63. The molecular formula is C10H15Br. The molecule has 0 aromatic heterocycles. The summed E-state index contributed by atoms with van der Waals surface area (Å²) in [5.41, 5.74) is 0.601. The number of allylic oxidation sites excluding steroid dienone is 2. The van der Waals surface area contributed by atoms with Crippen LogP contribution in [0.2, 0.25) is 0 Å². The van der Waals surface area contributed by atoms with Crippen LogP contribution in [0.4, 0.5) is 0 Å². The van der Waals surface area contributed by atoms with Gasteiger partial charge in [0, 0.05) is 0 Å². The second kappa shape index (κ2) is 2.12. The first-order valence-electron chi connectivity index (χ1n) is 4.40. The predicted molar refractivity (Wildman–Crippen MR) is 51.6 cm³/mol. The molecule has 1 saturated carbocycles. The van der Waals surface area contributed by atoms with Crippen LogP contribution in [0.5, 0.6) is 0 Å². The molecule has 0 amide bonds. The van der Waals surface area contributed by atoms with Gasteiger partial charge in [0.2, 0.25) is 0 Å². The summed E-state index contributed by atoms with van der Waals surface area (Å²) in [5, 5.41) is 0. The molecule has 3 atom stereocenters. The van der Waals surface area contributed by atoms with E-state index in [-0.39, 0.29) is 0 Å². The van der Waals surface area contributed by atoms with Crippen LogP contribution >= 0.6 is 15.9 Å². The third kappa shape index (κ3) is 1.00. The molecule has 2 aliphatic rings. The van der Waals surface area contributed by atoms with Crippen LogP contribution in [0.15, 0.2) is 10.6 Å². The summed E-state index contributed by atoms with van der Waals surface area (Å²) in [6.07, 6.45) is 3.81. The molecule has 0 bridgehead atoms. The number of rotatable bonds is 0. The van der Waals surface area contributed by atoms with Crippen molar-refractivity contribution in [1.29, 1.82) is 0 Å². The lowest BCUT2D eigenvalue weighted by molar-refractivity contribution is 0.484. The molecule has 62 valence electrons. The van der Waals surface area contributed by atoms with E-state index in [0.717, 1.165) is 17.8 Å². The van der Waals surface area contributed by atoms with E-state index in [1.807, 2.05) is 0 Å². The zero-order valence-corrected chi connectivity index (χ0v) is 8.98. The van der Waals surface area contributed by atoms with E-state index in [1.165, 1.54) is 10.9 Å². The van der Waals surface area contributed by atoms with E-state index in [1.54, 1.807) is 0 Å². The summed E-state index contributed by atoms with van der Waals surface area (Å²) in [5.74, 6) is 2.60. The van der Waals surface area contributed by atoms with Crippen LogP contribution in [0.1, 0.15) is 27.2 Å². The predicted octanol–water partition coefficient (Wildman–Crippen LogP) is 3.58. The molecule has 0 aromatic carbocycles.